The lowest BCUT2D eigenvalue weighted by molar-refractivity contribution is -0.274. The zero-order valence-electron chi connectivity index (χ0n) is 21.2. The first-order chi connectivity index (χ1) is 16.6. The maximum atomic E-state index is 12.6. The lowest BCUT2D eigenvalue weighted by Crippen LogP contribution is -2.59. The van der Waals surface area contributed by atoms with E-state index in [1.54, 1.807) is 6.07 Å². The molecule has 0 spiro atoms. The van der Waals surface area contributed by atoms with Gasteiger partial charge in [0, 0.05) is 34.2 Å². The second kappa shape index (κ2) is 10.6. The van der Waals surface area contributed by atoms with Crippen LogP contribution in [0.2, 0.25) is 0 Å². The second-order valence-corrected chi connectivity index (χ2v) is 10.6. The van der Waals surface area contributed by atoms with Gasteiger partial charge in [0.2, 0.25) is 11.9 Å². The molecule has 2 heterocycles. The molecule has 196 valence electrons. The molecule has 0 amide bonds. The van der Waals surface area contributed by atoms with Gasteiger partial charge in [0.25, 0.3) is 0 Å². The number of guanidine groups is 1. The number of ether oxygens (including phenoxy) is 1. The summed E-state index contributed by atoms with van der Waals surface area (Å²) in [5, 5.41) is 12.8. The van der Waals surface area contributed by atoms with E-state index in [-0.39, 0.29) is 28.0 Å². The molecule has 1 aliphatic rings. The SMILES string of the molecule is Cc1cc(C)nc(NC(=NC2CC(C)(C)NC(C)(C)C2)NC(=S)Nc2cccc(OC(F)(F)F)c2)n1. The van der Waals surface area contributed by atoms with Gasteiger partial charge in [0.15, 0.2) is 5.11 Å². The topological polar surface area (TPSA) is 95.5 Å². The molecule has 3 rings (SSSR count). The fourth-order valence-electron chi connectivity index (χ4n) is 4.57. The number of aryl methyl sites for hydroxylation is 2. The van der Waals surface area contributed by atoms with E-state index in [2.05, 4.69) is 63.7 Å². The Kier molecular flexibility index (Phi) is 8.09. The van der Waals surface area contributed by atoms with E-state index in [4.69, 9.17) is 17.2 Å². The molecule has 2 aromatic rings. The number of piperidine rings is 1. The van der Waals surface area contributed by atoms with E-state index in [0.29, 0.717) is 17.6 Å². The van der Waals surface area contributed by atoms with Crippen molar-refractivity contribution in [1.82, 2.24) is 20.6 Å². The smallest absolute Gasteiger partial charge is 0.406 e. The molecule has 1 saturated heterocycles. The molecule has 1 aliphatic heterocycles. The minimum absolute atomic E-state index is 0.0385. The monoisotopic (exact) mass is 523 g/mol. The predicted octanol–water partition coefficient (Wildman–Crippen LogP) is 5.06. The summed E-state index contributed by atoms with van der Waals surface area (Å²) in [6.07, 6.45) is -3.22. The second-order valence-electron chi connectivity index (χ2n) is 10.2. The zero-order chi connectivity index (χ0) is 26.7. The molecule has 0 bridgehead atoms. The highest BCUT2D eigenvalue weighted by Crippen LogP contribution is 2.30. The average molecular weight is 524 g/mol. The van der Waals surface area contributed by atoms with E-state index in [0.717, 1.165) is 24.2 Å². The van der Waals surface area contributed by atoms with Crippen LogP contribution in [0.1, 0.15) is 51.9 Å². The quantitative estimate of drug-likeness (QED) is 0.251. The van der Waals surface area contributed by atoms with Crippen molar-refractivity contribution >= 4 is 34.9 Å². The largest absolute Gasteiger partial charge is 0.573 e. The van der Waals surface area contributed by atoms with Crippen LogP contribution in [-0.2, 0) is 0 Å². The van der Waals surface area contributed by atoms with E-state index >= 15 is 0 Å². The number of hydrogen-bond donors (Lipinski definition) is 4. The summed E-state index contributed by atoms with van der Waals surface area (Å²) in [7, 11) is 0. The van der Waals surface area contributed by atoms with Gasteiger partial charge < -0.3 is 20.7 Å². The number of benzene rings is 1. The van der Waals surface area contributed by atoms with Gasteiger partial charge in [-0.1, -0.05) is 6.07 Å². The third kappa shape index (κ3) is 8.90. The highest BCUT2D eigenvalue weighted by Gasteiger charge is 2.38. The molecule has 0 atom stereocenters. The summed E-state index contributed by atoms with van der Waals surface area (Å²) in [6.45, 7) is 12.3. The number of thiocarbonyl (C=S) groups is 1. The number of nitrogens with one attached hydrogen (secondary N) is 4. The predicted molar refractivity (Wildman–Crippen MR) is 139 cm³/mol. The Bertz CT molecular complexity index is 1100. The van der Waals surface area contributed by atoms with Crippen molar-refractivity contribution < 1.29 is 17.9 Å². The standard InChI is InChI=1S/C24H32F3N7OS/c1-14-10-15(2)29-19(28-14)32-20(30-17-12-22(3,4)34-23(5,6)13-17)33-21(36)31-16-8-7-9-18(11-16)35-24(25,26)27/h7-11,17,34H,12-13H2,1-6H3,(H3,28,29,30,31,32,33,36). The van der Waals surface area contributed by atoms with E-state index < -0.39 is 6.36 Å². The third-order valence-corrected chi connectivity index (χ3v) is 5.45. The number of rotatable bonds is 4. The van der Waals surface area contributed by atoms with Crippen LogP contribution in [0.15, 0.2) is 35.3 Å². The van der Waals surface area contributed by atoms with Gasteiger partial charge in [0.05, 0.1) is 6.04 Å². The van der Waals surface area contributed by atoms with Crippen LogP contribution in [0.4, 0.5) is 24.8 Å². The molecule has 0 unspecified atom stereocenters. The Morgan fingerprint density at radius 3 is 2.25 bits per heavy atom. The van der Waals surface area contributed by atoms with Crippen molar-refractivity contribution in [2.24, 2.45) is 4.99 Å². The van der Waals surface area contributed by atoms with Crippen LogP contribution in [0.3, 0.4) is 0 Å². The number of hydrogen-bond acceptors (Lipinski definition) is 6. The molecule has 1 fully saturated rings. The molecule has 0 aliphatic carbocycles. The van der Waals surface area contributed by atoms with Crippen molar-refractivity contribution in [2.75, 3.05) is 10.6 Å². The van der Waals surface area contributed by atoms with Crippen molar-refractivity contribution in [3.8, 4) is 5.75 Å². The number of halogens is 3. The van der Waals surface area contributed by atoms with Crippen molar-refractivity contribution in [2.45, 2.75) is 77.9 Å². The Hall–Kier alpha value is -2.99. The molecule has 4 N–H and O–H groups in total. The zero-order valence-corrected chi connectivity index (χ0v) is 22.0. The molecular weight excluding hydrogens is 491 g/mol. The first kappa shape index (κ1) is 27.6. The number of aliphatic imine (C=N–C) groups is 1. The van der Waals surface area contributed by atoms with Crippen LogP contribution >= 0.6 is 12.2 Å². The normalized spacial score (nSPS) is 17.9. The Morgan fingerprint density at radius 2 is 1.67 bits per heavy atom. The summed E-state index contributed by atoms with van der Waals surface area (Å²) >= 11 is 5.43. The van der Waals surface area contributed by atoms with Gasteiger partial charge in [-0.15, -0.1) is 13.2 Å². The Labute approximate surface area is 214 Å². The summed E-state index contributed by atoms with van der Waals surface area (Å²) < 4.78 is 41.7. The minimum Gasteiger partial charge on any atom is -0.406 e. The van der Waals surface area contributed by atoms with Gasteiger partial charge in [-0.2, -0.15) is 0 Å². The van der Waals surface area contributed by atoms with Crippen LogP contribution < -0.4 is 26.0 Å². The first-order valence-electron chi connectivity index (χ1n) is 11.5. The van der Waals surface area contributed by atoms with E-state index in [9.17, 15) is 13.2 Å². The lowest BCUT2D eigenvalue weighted by Gasteiger charge is -2.45. The summed E-state index contributed by atoms with van der Waals surface area (Å²) in [4.78, 5) is 13.7. The lowest BCUT2D eigenvalue weighted by atomic mass is 9.80. The van der Waals surface area contributed by atoms with Crippen LogP contribution in [0.5, 0.6) is 5.75 Å². The average Bonchev–Trinajstić information content (AvgIpc) is 2.63. The van der Waals surface area contributed by atoms with Crippen molar-refractivity contribution in [1.29, 1.82) is 0 Å². The molecule has 12 heteroatoms. The molecule has 1 aromatic heterocycles. The van der Waals surface area contributed by atoms with E-state index in [1.807, 2.05) is 19.9 Å². The third-order valence-electron chi connectivity index (χ3n) is 5.25. The molecule has 0 saturated carbocycles. The van der Waals surface area contributed by atoms with Crippen LogP contribution in [0.25, 0.3) is 0 Å². The maximum absolute atomic E-state index is 12.6. The minimum atomic E-state index is -4.79. The van der Waals surface area contributed by atoms with Gasteiger partial charge in [-0.05, 0) is 84.8 Å². The number of nitrogens with zero attached hydrogens (tertiary/aromatic N) is 3. The summed E-state index contributed by atoms with van der Waals surface area (Å²) in [6, 6.07) is 7.24. The highest BCUT2D eigenvalue weighted by atomic mass is 32.1. The summed E-state index contributed by atoms with van der Waals surface area (Å²) in [5.74, 6) is 0.332. The molecular formula is C24H32F3N7OS. The van der Waals surface area contributed by atoms with E-state index in [1.165, 1.54) is 18.2 Å². The summed E-state index contributed by atoms with van der Waals surface area (Å²) in [5.41, 5.74) is 1.64. The maximum Gasteiger partial charge on any atom is 0.573 e. The van der Waals surface area contributed by atoms with Crippen molar-refractivity contribution in [3.63, 3.8) is 0 Å². The Morgan fingerprint density at radius 1 is 1.06 bits per heavy atom. The number of aromatic nitrogens is 2. The van der Waals surface area contributed by atoms with Gasteiger partial charge in [-0.3, -0.25) is 5.32 Å². The molecule has 1 aromatic carbocycles. The Balaban J connectivity index is 1.82. The number of anilines is 2. The highest BCUT2D eigenvalue weighted by molar-refractivity contribution is 7.80. The van der Waals surface area contributed by atoms with Gasteiger partial charge in [-0.25, -0.2) is 15.0 Å². The van der Waals surface area contributed by atoms with Gasteiger partial charge >= 0.3 is 6.36 Å². The van der Waals surface area contributed by atoms with Crippen molar-refractivity contribution in [3.05, 3.63) is 41.7 Å². The molecule has 36 heavy (non-hydrogen) atoms. The molecule has 8 nitrogen and oxygen atoms in total. The van der Waals surface area contributed by atoms with Crippen LogP contribution in [-0.4, -0.2) is 44.5 Å². The van der Waals surface area contributed by atoms with Gasteiger partial charge in [0.1, 0.15) is 5.75 Å². The fourth-order valence-corrected chi connectivity index (χ4v) is 4.78. The fraction of sp³-hybridized carbons (Fsp3) is 0.500. The molecule has 0 radical (unpaired) electrons. The van der Waals surface area contributed by atoms with Crippen LogP contribution in [0, 0.1) is 13.8 Å². The first-order valence-corrected chi connectivity index (χ1v) is 11.9. The number of alkyl halides is 3.